The first-order chi connectivity index (χ1) is 12.4. The van der Waals surface area contributed by atoms with Crippen molar-refractivity contribution in [3.05, 3.63) is 24.3 Å². The SMILES string of the molecule is CC(OC(=O)C1CC1)C(=O)Nc1cccc(S(=O)(=O)N2CCOCC2)c1. The standard InChI is InChI=1S/C17H22N2O6S/c1-12(25-17(21)13-5-6-13)16(20)18-14-3-2-4-15(11-14)26(22,23)19-7-9-24-10-8-19/h2-4,11-13H,5-10H2,1H3,(H,18,20). The fourth-order valence-electron chi connectivity index (χ4n) is 2.56. The maximum atomic E-state index is 12.7. The molecule has 0 bridgehead atoms. The second-order valence-electron chi connectivity index (χ2n) is 6.39. The molecule has 1 atom stereocenters. The molecule has 1 N–H and O–H groups in total. The van der Waals surface area contributed by atoms with Crippen LogP contribution in [-0.2, 0) is 29.1 Å². The van der Waals surface area contributed by atoms with Gasteiger partial charge in [-0.05, 0) is 38.0 Å². The molecule has 1 saturated carbocycles. The highest BCUT2D eigenvalue weighted by atomic mass is 32.2. The molecule has 1 aromatic carbocycles. The van der Waals surface area contributed by atoms with E-state index in [2.05, 4.69) is 5.32 Å². The molecule has 2 aliphatic rings. The van der Waals surface area contributed by atoms with Crippen molar-refractivity contribution in [2.75, 3.05) is 31.6 Å². The van der Waals surface area contributed by atoms with Crippen LogP contribution in [0.15, 0.2) is 29.2 Å². The molecule has 0 radical (unpaired) electrons. The lowest BCUT2D eigenvalue weighted by molar-refractivity contribution is -0.154. The molecule has 0 spiro atoms. The van der Waals surface area contributed by atoms with Gasteiger partial charge in [0.05, 0.1) is 24.0 Å². The van der Waals surface area contributed by atoms with Gasteiger partial charge in [-0.25, -0.2) is 8.42 Å². The molecule has 1 aliphatic heterocycles. The molecule has 142 valence electrons. The first-order valence-electron chi connectivity index (χ1n) is 8.57. The summed E-state index contributed by atoms with van der Waals surface area (Å²) in [5, 5.41) is 2.60. The minimum atomic E-state index is -3.65. The molecule has 3 rings (SSSR count). The Morgan fingerprint density at radius 2 is 1.96 bits per heavy atom. The molecule has 9 heteroatoms. The van der Waals surface area contributed by atoms with Gasteiger partial charge in [0.1, 0.15) is 0 Å². The van der Waals surface area contributed by atoms with Crippen LogP contribution in [-0.4, -0.2) is 57.0 Å². The maximum absolute atomic E-state index is 12.7. The Labute approximate surface area is 152 Å². The number of benzene rings is 1. The Bertz CT molecular complexity index is 784. The molecule has 8 nitrogen and oxygen atoms in total. The zero-order valence-electron chi connectivity index (χ0n) is 14.5. The van der Waals surface area contributed by atoms with E-state index in [9.17, 15) is 18.0 Å². The van der Waals surface area contributed by atoms with E-state index in [-0.39, 0.29) is 16.8 Å². The predicted octanol–water partition coefficient (Wildman–Crippen LogP) is 0.988. The first kappa shape index (κ1) is 18.8. The molecule has 26 heavy (non-hydrogen) atoms. The Kier molecular flexibility index (Phi) is 5.59. The lowest BCUT2D eigenvalue weighted by Gasteiger charge is -2.26. The van der Waals surface area contributed by atoms with Crippen LogP contribution in [0.25, 0.3) is 0 Å². The molecule has 1 saturated heterocycles. The number of nitrogens with one attached hydrogen (secondary N) is 1. The van der Waals surface area contributed by atoms with Gasteiger partial charge in [0.2, 0.25) is 10.0 Å². The quantitative estimate of drug-likeness (QED) is 0.736. The van der Waals surface area contributed by atoms with Crippen molar-refractivity contribution in [3.8, 4) is 0 Å². The summed E-state index contributed by atoms with van der Waals surface area (Å²) in [6.45, 7) is 2.81. The number of esters is 1. The second-order valence-corrected chi connectivity index (χ2v) is 8.32. The van der Waals surface area contributed by atoms with Gasteiger partial charge in [-0.3, -0.25) is 9.59 Å². The van der Waals surface area contributed by atoms with Gasteiger partial charge >= 0.3 is 5.97 Å². The molecular formula is C17H22N2O6S. The number of morpholine rings is 1. The maximum Gasteiger partial charge on any atom is 0.309 e. The zero-order chi connectivity index (χ0) is 18.7. The van der Waals surface area contributed by atoms with Crippen LogP contribution in [0.1, 0.15) is 19.8 Å². The summed E-state index contributed by atoms with van der Waals surface area (Å²) in [5.74, 6) is -0.955. The van der Waals surface area contributed by atoms with Gasteiger partial charge in [-0.15, -0.1) is 0 Å². The molecule has 2 fully saturated rings. The van der Waals surface area contributed by atoms with Gasteiger partial charge in [0.25, 0.3) is 5.91 Å². The smallest absolute Gasteiger partial charge is 0.309 e. The van der Waals surface area contributed by atoms with E-state index >= 15 is 0 Å². The van der Waals surface area contributed by atoms with Crippen molar-refractivity contribution in [1.82, 2.24) is 4.31 Å². The molecular weight excluding hydrogens is 360 g/mol. The van der Waals surface area contributed by atoms with Crippen molar-refractivity contribution in [2.24, 2.45) is 5.92 Å². The Balaban J connectivity index is 1.66. The van der Waals surface area contributed by atoms with Crippen LogP contribution < -0.4 is 5.32 Å². The zero-order valence-corrected chi connectivity index (χ0v) is 15.3. The van der Waals surface area contributed by atoms with Crippen LogP contribution >= 0.6 is 0 Å². The third-order valence-corrected chi connectivity index (χ3v) is 6.18. The largest absolute Gasteiger partial charge is 0.452 e. The average molecular weight is 382 g/mol. The molecule has 1 unspecified atom stereocenters. The number of anilines is 1. The first-order valence-corrected chi connectivity index (χ1v) is 10.0. The van der Waals surface area contributed by atoms with E-state index in [1.165, 1.54) is 23.4 Å². The highest BCUT2D eigenvalue weighted by molar-refractivity contribution is 7.89. The van der Waals surface area contributed by atoms with Gasteiger partial charge in [-0.2, -0.15) is 4.31 Å². The van der Waals surface area contributed by atoms with E-state index in [1.54, 1.807) is 12.1 Å². The number of sulfonamides is 1. The summed E-state index contributed by atoms with van der Waals surface area (Å²) in [4.78, 5) is 23.9. The van der Waals surface area contributed by atoms with Crippen LogP contribution in [0.5, 0.6) is 0 Å². The number of carbonyl (C=O) groups excluding carboxylic acids is 2. The highest BCUT2D eigenvalue weighted by Crippen LogP contribution is 2.30. The fraction of sp³-hybridized carbons (Fsp3) is 0.529. The number of amides is 1. The van der Waals surface area contributed by atoms with Gasteiger partial charge in [0, 0.05) is 18.8 Å². The minimum Gasteiger partial charge on any atom is -0.452 e. The monoisotopic (exact) mass is 382 g/mol. The van der Waals surface area contributed by atoms with Crippen molar-refractivity contribution in [2.45, 2.75) is 30.8 Å². The van der Waals surface area contributed by atoms with E-state index < -0.39 is 22.0 Å². The van der Waals surface area contributed by atoms with Gasteiger partial charge in [-0.1, -0.05) is 6.07 Å². The number of nitrogens with zero attached hydrogens (tertiary/aromatic N) is 1. The van der Waals surface area contributed by atoms with Gasteiger partial charge in [0.15, 0.2) is 6.10 Å². The number of hydrogen-bond acceptors (Lipinski definition) is 6. The third kappa shape index (κ3) is 4.40. The topological polar surface area (TPSA) is 102 Å². The lowest BCUT2D eigenvalue weighted by atomic mass is 10.3. The summed E-state index contributed by atoms with van der Waals surface area (Å²) < 4.78 is 37.0. The highest BCUT2D eigenvalue weighted by Gasteiger charge is 2.33. The summed E-state index contributed by atoms with van der Waals surface area (Å²) in [6.07, 6.45) is 0.658. The van der Waals surface area contributed by atoms with E-state index in [0.717, 1.165) is 12.8 Å². The molecule has 1 heterocycles. The summed E-state index contributed by atoms with van der Waals surface area (Å²) in [6, 6.07) is 6.03. The van der Waals surface area contributed by atoms with Crippen LogP contribution in [0.2, 0.25) is 0 Å². The number of rotatable bonds is 6. The van der Waals surface area contributed by atoms with Gasteiger partial charge < -0.3 is 14.8 Å². The minimum absolute atomic E-state index is 0.0905. The molecule has 0 aromatic heterocycles. The molecule has 1 aliphatic carbocycles. The van der Waals surface area contributed by atoms with Crippen LogP contribution in [0.4, 0.5) is 5.69 Å². The number of ether oxygens (including phenoxy) is 2. The Morgan fingerprint density at radius 3 is 2.62 bits per heavy atom. The number of hydrogen-bond donors (Lipinski definition) is 1. The fourth-order valence-corrected chi connectivity index (χ4v) is 4.01. The van der Waals surface area contributed by atoms with E-state index in [4.69, 9.17) is 9.47 Å². The second kappa shape index (κ2) is 7.73. The molecule has 1 aromatic rings. The summed E-state index contributed by atoms with van der Waals surface area (Å²) in [5.41, 5.74) is 0.332. The Morgan fingerprint density at radius 1 is 1.27 bits per heavy atom. The molecule has 1 amide bonds. The normalized spacial score (nSPS) is 19.6. The average Bonchev–Trinajstić information content (AvgIpc) is 3.48. The Hall–Kier alpha value is -1.97. The van der Waals surface area contributed by atoms with Crippen molar-refractivity contribution < 1.29 is 27.5 Å². The van der Waals surface area contributed by atoms with Crippen molar-refractivity contribution in [3.63, 3.8) is 0 Å². The lowest BCUT2D eigenvalue weighted by Crippen LogP contribution is -2.40. The number of carbonyl (C=O) groups is 2. The van der Waals surface area contributed by atoms with E-state index in [0.29, 0.717) is 32.0 Å². The van der Waals surface area contributed by atoms with Crippen molar-refractivity contribution >= 4 is 27.6 Å². The summed E-state index contributed by atoms with van der Waals surface area (Å²) >= 11 is 0. The van der Waals surface area contributed by atoms with Crippen molar-refractivity contribution in [1.29, 1.82) is 0 Å². The van der Waals surface area contributed by atoms with E-state index in [1.807, 2.05) is 0 Å². The van der Waals surface area contributed by atoms with Crippen LogP contribution in [0, 0.1) is 5.92 Å². The summed E-state index contributed by atoms with van der Waals surface area (Å²) in [7, 11) is -3.65. The third-order valence-electron chi connectivity index (χ3n) is 4.28. The predicted molar refractivity (Wildman–Crippen MR) is 92.9 cm³/mol. The van der Waals surface area contributed by atoms with Crippen LogP contribution in [0.3, 0.4) is 0 Å².